The van der Waals surface area contributed by atoms with Gasteiger partial charge in [-0.3, -0.25) is 4.79 Å². The van der Waals surface area contributed by atoms with Crippen LogP contribution in [0, 0.1) is 26.6 Å². The fraction of sp³-hybridized carbons (Fsp3) is 0.190. The highest BCUT2D eigenvalue weighted by Gasteiger charge is 2.09. The van der Waals surface area contributed by atoms with E-state index in [2.05, 4.69) is 41.3 Å². The van der Waals surface area contributed by atoms with Gasteiger partial charge in [0.2, 0.25) is 5.91 Å². The van der Waals surface area contributed by atoms with E-state index in [0.717, 1.165) is 11.3 Å². The number of aryl methyl sites for hydroxylation is 3. The third kappa shape index (κ3) is 4.92. The highest BCUT2D eigenvalue weighted by atomic mass is 32.2. The summed E-state index contributed by atoms with van der Waals surface area (Å²) in [7, 11) is 0. The average molecular weight is 381 g/mol. The van der Waals surface area contributed by atoms with Crippen molar-refractivity contribution in [2.24, 2.45) is 0 Å². The number of aromatic nitrogens is 2. The van der Waals surface area contributed by atoms with E-state index in [1.54, 1.807) is 25.3 Å². The van der Waals surface area contributed by atoms with Gasteiger partial charge in [0.1, 0.15) is 5.82 Å². The SMILES string of the molecule is Cc1ccc(-c2ccnc(SCC(=O)Nc3ccc(C)c(F)c3)n2)cc1C. The zero-order valence-corrected chi connectivity index (χ0v) is 16.2. The number of rotatable bonds is 5. The summed E-state index contributed by atoms with van der Waals surface area (Å²) >= 11 is 1.24. The maximum absolute atomic E-state index is 13.6. The molecule has 0 aliphatic heterocycles. The first-order chi connectivity index (χ1) is 12.9. The molecule has 0 unspecified atom stereocenters. The van der Waals surface area contributed by atoms with Crippen molar-refractivity contribution in [2.75, 3.05) is 11.1 Å². The van der Waals surface area contributed by atoms with E-state index < -0.39 is 0 Å². The summed E-state index contributed by atoms with van der Waals surface area (Å²) in [6.07, 6.45) is 1.69. The summed E-state index contributed by atoms with van der Waals surface area (Å²) in [5.74, 6) is -0.431. The predicted molar refractivity (Wildman–Crippen MR) is 107 cm³/mol. The summed E-state index contributed by atoms with van der Waals surface area (Å²) < 4.78 is 13.6. The van der Waals surface area contributed by atoms with Crippen LogP contribution in [0.15, 0.2) is 53.8 Å². The second kappa shape index (κ2) is 8.31. The minimum atomic E-state index is -0.343. The molecular weight excluding hydrogens is 361 g/mol. The summed E-state index contributed by atoms with van der Waals surface area (Å²) in [5, 5.41) is 3.21. The van der Waals surface area contributed by atoms with Gasteiger partial charge in [0.05, 0.1) is 11.4 Å². The van der Waals surface area contributed by atoms with Gasteiger partial charge >= 0.3 is 0 Å². The Morgan fingerprint density at radius 3 is 2.56 bits per heavy atom. The van der Waals surface area contributed by atoms with Crippen molar-refractivity contribution in [1.29, 1.82) is 0 Å². The van der Waals surface area contributed by atoms with Crippen molar-refractivity contribution in [2.45, 2.75) is 25.9 Å². The number of benzene rings is 2. The molecule has 2 aromatic carbocycles. The Labute approximate surface area is 162 Å². The minimum absolute atomic E-state index is 0.145. The number of amides is 1. The van der Waals surface area contributed by atoms with Crippen LogP contribution < -0.4 is 5.32 Å². The van der Waals surface area contributed by atoms with Gasteiger partial charge < -0.3 is 5.32 Å². The lowest BCUT2D eigenvalue weighted by Crippen LogP contribution is -2.14. The quantitative estimate of drug-likeness (QED) is 0.502. The molecule has 27 heavy (non-hydrogen) atoms. The van der Waals surface area contributed by atoms with E-state index in [4.69, 9.17) is 0 Å². The molecule has 3 rings (SSSR count). The molecular formula is C21H20FN3OS. The number of nitrogens with one attached hydrogen (secondary N) is 1. The summed E-state index contributed by atoms with van der Waals surface area (Å²) in [5.41, 5.74) is 5.24. The van der Waals surface area contributed by atoms with Crippen LogP contribution in [-0.4, -0.2) is 21.6 Å². The van der Waals surface area contributed by atoms with Crippen LogP contribution in [0.1, 0.15) is 16.7 Å². The lowest BCUT2D eigenvalue weighted by Gasteiger charge is -2.07. The van der Waals surface area contributed by atoms with Gasteiger partial charge in [-0.1, -0.05) is 30.0 Å². The lowest BCUT2D eigenvalue weighted by atomic mass is 10.0. The van der Waals surface area contributed by atoms with E-state index in [1.165, 1.54) is 29.0 Å². The Morgan fingerprint density at radius 1 is 1.04 bits per heavy atom. The van der Waals surface area contributed by atoms with Crippen LogP contribution in [0.5, 0.6) is 0 Å². The Hall–Kier alpha value is -2.73. The molecule has 4 nitrogen and oxygen atoms in total. The van der Waals surface area contributed by atoms with Crippen molar-refractivity contribution in [3.05, 3.63) is 71.2 Å². The molecule has 1 heterocycles. The molecule has 1 N–H and O–H groups in total. The second-order valence-corrected chi connectivity index (χ2v) is 7.27. The van der Waals surface area contributed by atoms with Crippen LogP contribution >= 0.6 is 11.8 Å². The zero-order valence-electron chi connectivity index (χ0n) is 15.4. The highest BCUT2D eigenvalue weighted by molar-refractivity contribution is 7.99. The van der Waals surface area contributed by atoms with E-state index in [1.807, 2.05) is 12.1 Å². The molecule has 0 radical (unpaired) electrons. The average Bonchev–Trinajstić information content (AvgIpc) is 2.65. The monoisotopic (exact) mass is 381 g/mol. The maximum atomic E-state index is 13.6. The fourth-order valence-electron chi connectivity index (χ4n) is 2.47. The molecule has 3 aromatic rings. The first-order valence-corrected chi connectivity index (χ1v) is 9.50. The largest absolute Gasteiger partial charge is 0.325 e. The number of carbonyl (C=O) groups excluding carboxylic acids is 1. The number of hydrogen-bond acceptors (Lipinski definition) is 4. The number of nitrogens with zero attached hydrogens (tertiary/aromatic N) is 2. The maximum Gasteiger partial charge on any atom is 0.234 e. The predicted octanol–water partition coefficient (Wildman–Crippen LogP) is 4.94. The molecule has 0 saturated carbocycles. The van der Waals surface area contributed by atoms with Gasteiger partial charge in [0, 0.05) is 17.4 Å². The Bertz CT molecular complexity index is 991. The van der Waals surface area contributed by atoms with Crippen LogP contribution in [0.3, 0.4) is 0 Å². The molecule has 0 bridgehead atoms. The first kappa shape index (κ1) is 19.0. The van der Waals surface area contributed by atoms with Gasteiger partial charge in [0.15, 0.2) is 5.16 Å². The number of halogens is 1. The van der Waals surface area contributed by atoms with Crippen LogP contribution in [0.4, 0.5) is 10.1 Å². The van der Waals surface area contributed by atoms with Crippen molar-refractivity contribution >= 4 is 23.4 Å². The van der Waals surface area contributed by atoms with Crippen LogP contribution in [-0.2, 0) is 4.79 Å². The Kier molecular flexibility index (Phi) is 5.86. The van der Waals surface area contributed by atoms with Crippen molar-refractivity contribution in [1.82, 2.24) is 9.97 Å². The Morgan fingerprint density at radius 2 is 1.81 bits per heavy atom. The van der Waals surface area contributed by atoms with Crippen molar-refractivity contribution < 1.29 is 9.18 Å². The van der Waals surface area contributed by atoms with Gasteiger partial charge in [0.25, 0.3) is 0 Å². The molecule has 0 aliphatic carbocycles. The van der Waals surface area contributed by atoms with Crippen LogP contribution in [0.25, 0.3) is 11.3 Å². The van der Waals surface area contributed by atoms with E-state index in [0.29, 0.717) is 16.4 Å². The third-order valence-corrected chi connectivity index (χ3v) is 5.09. The summed E-state index contributed by atoms with van der Waals surface area (Å²) in [6.45, 7) is 5.81. The van der Waals surface area contributed by atoms with E-state index >= 15 is 0 Å². The number of thioether (sulfide) groups is 1. The molecule has 1 aromatic heterocycles. The number of hydrogen-bond donors (Lipinski definition) is 1. The normalized spacial score (nSPS) is 10.7. The number of anilines is 1. The Balaban J connectivity index is 1.64. The van der Waals surface area contributed by atoms with Gasteiger partial charge in [-0.05, 0) is 61.7 Å². The zero-order chi connectivity index (χ0) is 19.4. The molecule has 0 saturated heterocycles. The van der Waals surface area contributed by atoms with Crippen LogP contribution in [0.2, 0.25) is 0 Å². The highest BCUT2D eigenvalue weighted by Crippen LogP contribution is 2.23. The molecule has 0 fully saturated rings. The molecule has 138 valence electrons. The fourth-order valence-corrected chi connectivity index (χ4v) is 3.10. The molecule has 0 aliphatic rings. The molecule has 6 heteroatoms. The minimum Gasteiger partial charge on any atom is -0.325 e. The van der Waals surface area contributed by atoms with E-state index in [9.17, 15) is 9.18 Å². The van der Waals surface area contributed by atoms with Crippen molar-refractivity contribution in [3.8, 4) is 11.3 Å². The topological polar surface area (TPSA) is 54.9 Å². The van der Waals surface area contributed by atoms with E-state index in [-0.39, 0.29) is 17.5 Å². The molecule has 1 amide bonds. The summed E-state index contributed by atoms with van der Waals surface area (Å²) in [6, 6.07) is 12.7. The molecule has 0 atom stereocenters. The first-order valence-electron chi connectivity index (χ1n) is 8.52. The third-order valence-electron chi connectivity index (χ3n) is 4.22. The standard InChI is InChI=1S/C21H20FN3OS/c1-13-4-6-16(10-15(13)3)19-8-9-23-21(25-19)27-12-20(26)24-17-7-5-14(2)18(22)11-17/h4-11H,12H2,1-3H3,(H,24,26). The van der Waals surface area contributed by atoms with Gasteiger partial charge in [-0.2, -0.15) is 0 Å². The van der Waals surface area contributed by atoms with Gasteiger partial charge in [-0.25, -0.2) is 14.4 Å². The molecule has 0 spiro atoms. The van der Waals surface area contributed by atoms with Crippen molar-refractivity contribution in [3.63, 3.8) is 0 Å². The number of carbonyl (C=O) groups is 1. The lowest BCUT2D eigenvalue weighted by molar-refractivity contribution is -0.113. The smallest absolute Gasteiger partial charge is 0.234 e. The van der Waals surface area contributed by atoms with Gasteiger partial charge in [-0.15, -0.1) is 0 Å². The summed E-state index contributed by atoms with van der Waals surface area (Å²) in [4.78, 5) is 20.9. The second-order valence-electron chi connectivity index (χ2n) is 6.32.